The Kier molecular flexibility index (Phi) is 6.82. The van der Waals surface area contributed by atoms with Gasteiger partial charge in [0.15, 0.2) is 0 Å². The molecule has 0 aliphatic carbocycles. The van der Waals surface area contributed by atoms with Crippen LogP contribution in [0.15, 0.2) is 17.5 Å². The van der Waals surface area contributed by atoms with Crippen molar-refractivity contribution >= 4 is 35.0 Å². The van der Waals surface area contributed by atoms with E-state index in [1.807, 2.05) is 17.5 Å². The van der Waals surface area contributed by atoms with Gasteiger partial charge in [-0.25, -0.2) is 4.79 Å². The SMILES string of the molecule is CCOC(=O)C(C)NC(=O)CSCc1cccs1. The first kappa shape index (κ1) is 15.0. The molecule has 1 N–H and O–H groups in total. The van der Waals surface area contributed by atoms with Crippen molar-refractivity contribution in [2.45, 2.75) is 25.6 Å². The van der Waals surface area contributed by atoms with Crippen molar-refractivity contribution in [3.8, 4) is 0 Å². The lowest BCUT2D eigenvalue weighted by Crippen LogP contribution is -2.40. The molecule has 1 unspecified atom stereocenters. The molecule has 0 saturated carbocycles. The van der Waals surface area contributed by atoms with Gasteiger partial charge >= 0.3 is 5.97 Å². The average Bonchev–Trinajstić information content (AvgIpc) is 2.82. The summed E-state index contributed by atoms with van der Waals surface area (Å²) < 4.78 is 4.81. The fraction of sp³-hybridized carbons (Fsp3) is 0.500. The number of carbonyl (C=O) groups excluding carboxylic acids is 2. The molecule has 0 saturated heterocycles. The van der Waals surface area contributed by atoms with Gasteiger partial charge < -0.3 is 10.1 Å². The molecule has 100 valence electrons. The topological polar surface area (TPSA) is 55.4 Å². The molecule has 0 fully saturated rings. The zero-order chi connectivity index (χ0) is 13.4. The summed E-state index contributed by atoms with van der Waals surface area (Å²) in [7, 11) is 0. The predicted molar refractivity (Wildman–Crippen MR) is 74.7 cm³/mol. The third kappa shape index (κ3) is 5.55. The highest BCUT2D eigenvalue weighted by Gasteiger charge is 2.16. The van der Waals surface area contributed by atoms with Crippen LogP contribution in [0, 0.1) is 0 Å². The van der Waals surface area contributed by atoms with Crippen LogP contribution in [-0.2, 0) is 20.1 Å². The molecule has 1 rings (SSSR count). The average molecular weight is 287 g/mol. The molecular weight excluding hydrogens is 270 g/mol. The van der Waals surface area contributed by atoms with Crippen LogP contribution in [0.2, 0.25) is 0 Å². The Hall–Kier alpha value is -1.01. The highest BCUT2D eigenvalue weighted by molar-refractivity contribution is 7.99. The summed E-state index contributed by atoms with van der Waals surface area (Å²) in [4.78, 5) is 24.1. The van der Waals surface area contributed by atoms with Gasteiger partial charge in [-0.1, -0.05) is 6.07 Å². The van der Waals surface area contributed by atoms with E-state index in [4.69, 9.17) is 4.74 Å². The molecular formula is C12H17NO3S2. The molecule has 1 amide bonds. The molecule has 0 aliphatic heterocycles. The third-order valence-electron chi connectivity index (χ3n) is 2.08. The predicted octanol–water partition coefficient (Wildman–Crippen LogP) is 2.05. The maximum Gasteiger partial charge on any atom is 0.328 e. The quantitative estimate of drug-likeness (QED) is 0.780. The van der Waals surface area contributed by atoms with Gasteiger partial charge in [-0.05, 0) is 25.3 Å². The van der Waals surface area contributed by atoms with Gasteiger partial charge in [0.1, 0.15) is 6.04 Å². The van der Waals surface area contributed by atoms with E-state index in [1.165, 1.54) is 16.6 Å². The van der Waals surface area contributed by atoms with Crippen LogP contribution in [0.3, 0.4) is 0 Å². The van der Waals surface area contributed by atoms with Gasteiger partial charge in [-0.15, -0.1) is 23.1 Å². The molecule has 1 aromatic rings. The first-order chi connectivity index (χ1) is 8.63. The summed E-state index contributed by atoms with van der Waals surface area (Å²) in [6, 6.07) is 3.44. The number of hydrogen-bond acceptors (Lipinski definition) is 5. The molecule has 0 spiro atoms. The number of ether oxygens (including phenoxy) is 1. The standard InChI is InChI=1S/C12H17NO3S2/c1-3-16-12(15)9(2)13-11(14)8-17-7-10-5-4-6-18-10/h4-6,9H,3,7-8H2,1-2H3,(H,13,14). The van der Waals surface area contributed by atoms with E-state index < -0.39 is 12.0 Å². The van der Waals surface area contributed by atoms with Gasteiger partial charge in [0, 0.05) is 10.6 Å². The second-order valence-electron chi connectivity index (χ2n) is 3.61. The van der Waals surface area contributed by atoms with E-state index >= 15 is 0 Å². The molecule has 1 atom stereocenters. The number of rotatable bonds is 7. The summed E-state index contributed by atoms with van der Waals surface area (Å²) in [6.45, 7) is 3.69. The first-order valence-electron chi connectivity index (χ1n) is 5.69. The van der Waals surface area contributed by atoms with E-state index in [-0.39, 0.29) is 5.91 Å². The lowest BCUT2D eigenvalue weighted by molar-refractivity contribution is -0.146. The fourth-order valence-corrected chi connectivity index (χ4v) is 2.93. The Labute approximate surface area is 115 Å². The fourth-order valence-electron chi connectivity index (χ4n) is 1.25. The number of carbonyl (C=O) groups is 2. The van der Waals surface area contributed by atoms with Crippen LogP contribution in [0.5, 0.6) is 0 Å². The van der Waals surface area contributed by atoms with Gasteiger partial charge in [-0.3, -0.25) is 4.79 Å². The Morgan fingerprint density at radius 2 is 2.33 bits per heavy atom. The van der Waals surface area contributed by atoms with E-state index in [0.717, 1.165) is 5.75 Å². The summed E-state index contributed by atoms with van der Waals surface area (Å²) in [5, 5.41) is 4.63. The summed E-state index contributed by atoms with van der Waals surface area (Å²) in [6.07, 6.45) is 0. The first-order valence-corrected chi connectivity index (χ1v) is 7.73. The number of esters is 1. The second kappa shape index (κ2) is 8.16. The monoisotopic (exact) mass is 287 g/mol. The Morgan fingerprint density at radius 1 is 1.56 bits per heavy atom. The summed E-state index contributed by atoms with van der Waals surface area (Å²) in [5.41, 5.74) is 0. The molecule has 0 aromatic carbocycles. The number of thiophene rings is 1. The van der Waals surface area contributed by atoms with E-state index in [1.54, 1.807) is 25.2 Å². The van der Waals surface area contributed by atoms with Crippen molar-refractivity contribution in [2.24, 2.45) is 0 Å². The zero-order valence-corrected chi connectivity index (χ0v) is 12.1. The molecule has 0 aliphatic rings. The van der Waals surface area contributed by atoms with Gasteiger partial charge in [-0.2, -0.15) is 0 Å². The third-order valence-corrected chi connectivity index (χ3v) is 4.12. The maximum absolute atomic E-state index is 11.6. The van der Waals surface area contributed by atoms with Crippen molar-refractivity contribution in [3.63, 3.8) is 0 Å². The lowest BCUT2D eigenvalue weighted by atomic mass is 10.3. The van der Waals surface area contributed by atoms with E-state index in [2.05, 4.69) is 5.32 Å². The minimum absolute atomic E-state index is 0.142. The summed E-state index contributed by atoms with van der Waals surface area (Å²) >= 11 is 3.21. The largest absolute Gasteiger partial charge is 0.464 e. The second-order valence-corrected chi connectivity index (χ2v) is 5.63. The number of hydrogen-bond donors (Lipinski definition) is 1. The molecule has 1 heterocycles. The normalized spacial score (nSPS) is 11.9. The smallest absolute Gasteiger partial charge is 0.328 e. The van der Waals surface area contributed by atoms with Crippen LogP contribution in [0.1, 0.15) is 18.7 Å². The van der Waals surface area contributed by atoms with Crippen LogP contribution < -0.4 is 5.32 Å². The molecule has 6 heteroatoms. The molecule has 0 radical (unpaired) electrons. The maximum atomic E-state index is 11.6. The molecule has 4 nitrogen and oxygen atoms in total. The van der Waals surface area contributed by atoms with Crippen LogP contribution in [-0.4, -0.2) is 30.3 Å². The Balaban J connectivity index is 2.19. The van der Waals surface area contributed by atoms with Crippen LogP contribution in [0.4, 0.5) is 0 Å². The molecule has 18 heavy (non-hydrogen) atoms. The van der Waals surface area contributed by atoms with Crippen molar-refractivity contribution in [3.05, 3.63) is 22.4 Å². The van der Waals surface area contributed by atoms with E-state index in [9.17, 15) is 9.59 Å². The number of thioether (sulfide) groups is 1. The molecule has 0 bridgehead atoms. The highest BCUT2D eigenvalue weighted by atomic mass is 32.2. The van der Waals surface area contributed by atoms with E-state index in [0.29, 0.717) is 12.4 Å². The summed E-state index contributed by atoms with van der Waals surface area (Å²) in [5.74, 6) is 0.631. The van der Waals surface area contributed by atoms with Crippen molar-refractivity contribution < 1.29 is 14.3 Å². The van der Waals surface area contributed by atoms with Crippen LogP contribution >= 0.6 is 23.1 Å². The lowest BCUT2D eigenvalue weighted by Gasteiger charge is -2.12. The zero-order valence-electron chi connectivity index (χ0n) is 10.5. The van der Waals surface area contributed by atoms with Gasteiger partial charge in [0.25, 0.3) is 0 Å². The van der Waals surface area contributed by atoms with Crippen LogP contribution in [0.25, 0.3) is 0 Å². The Bertz CT molecular complexity index is 379. The number of amides is 1. The van der Waals surface area contributed by atoms with Crippen molar-refractivity contribution in [1.82, 2.24) is 5.32 Å². The Morgan fingerprint density at radius 3 is 2.94 bits per heavy atom. The van der Waals surface area contributed by atoms with Crippen molar-refractivity contribution in [2.75, 3.05) is 12.4 Å². The van der Waals surface area contributed by atoms with Gasteiger partial charge in [0.05, 0.1) is 12.4 Å². The molecule has 1 aromatic heterocycles. The minimum Gasteiger partial charge on any atom is -0.464 e. The van der Waals surface area contributed by atoms with Crippen molar-refractivity contribution in [1.29, 1.82) is 0 Å². The highest BCUT2D eigenvalue weighted by Crippen LogP contribution is 2.16. The van der Waals surface area contributed by atoms with Gasteiger partial charge in [0.2, 0.25) is 5.91 Å². The minimum atomic E-state index is -0.584. The number of nitrogens with one attached hydrogen (secondary N) is 1.